The third kappa shape index (κ3) is 4.84. The molecule has 0 atom stereocenters. The van der Waals surface area contributed by atoms with E-state index in [1.54, 1.807) is 0 Å². The number of sulfonamides is 1. The molecule has 32 heavy (non-hydrogen) atoms. The molecule has 0 aliphatic carbocycles. The number of hydrogen-bond donors (Lipinski definition) is 2. The van der Waals surface area contributed by atoms with Crippen molar-refractivity contribution in [2.24, 2.45) is 0 Å². The summed E-state index contributed by atoms with van der Waals surface area (Å²) >= 11 is 0. The van der Waals surface area contributed by atoms with Gasteiger partial charge in [-0.25, -0.2) is 13.4 Å². The van der Waals surface area contributed by atoms with Crippen LogP contribution in [0.5, 0.6) is 5.75 Å². The van der Waals surface area contributed by atoms with Gasteiger partial charge in [-0.15, -0.1) is 0 Å². The Morgan fingerprint density at radius 3 is 2.25 bits per heavy atom. The predicted molar refractivity (Wildman–Crippen MR) is 125 cm³/mol. The third-order valence-corrected chi connectivity index (χ3v) is 7.39. The van der Waals surface area contributed by atoms with Crippen molar-refractivity contribution in [1.29, 1.82) is 0 Å². The Morgan fingerprint density at radius 2 is 1.62 bits per heavy atom. The van der Waals surface area contributed by atoms with Crippen molar-refractivity contribution in [3.8, 4) is 5.75 Å². The second kappa shape index (κ2) is 9.13. The van der Waals surface area contributed by atoms with E-state index in [0.29, 0.717) is 37.9 Å². The van der Waals surface area contributed by atoms with Gasteiger partial charge in [0.25, 0.3) is 0 Å². The molecule has 0 amide bonds. The van der Waals surface area contributed by atoms with Crippen LogP contribution in [0.4, 0.5) is 17.5 Å². The molecule has 1 aromatic heterocycles. The number of nitrogens with one attached hydrogen (secondary N) is 1. The van der Waals surface area contributed by atoms with Gasteiger partial charge in [-0.3, -0.25) is 0 Å². The third-order valence-electron chi connectivity index (χ3n) is 5.47. The first-order valence-corrected chi connectivity index (χ1v) is 12.0. The van der Waals surface area contributed by atoms with Crippen LogP contribution in [-0.4, -0.2) is 54.0 Å². The number of anilines is 3. The van der Waals surface area contributed by atoms with Gasteiger partial charge >= 0.3 is 0 Å². The molecule has 0 radical (unpaired) electrons. The molecule has 1 aliphatic rings. The lowest BCUT2D eigenvalue weighted by molar-refractivity contribution is 0.382. The van der Waals surface area contributed by atoms with Crippen molar-refractivity contribution in [2.45, 2.75) is 25.2 Å². The molecule has 8 nitrogen and oxygen atoms in total. The zero-order chi connectivity index (χ0) is 22.7. The van der Waals surface area contributed by atoms with E-state index >= 15 is 0 Å². The Balaban J connectivity index is 1.45. The van der Waals surface area contributed by atoms with Crippen molar-refractivity contribution in [3.05, 3.63) is 65.9 Å². The Morgan fingerprint density at radius 1 is 0.969 bits per heavy atom. The molecule has 0 unspecified atom stereocenters. The summed E-state index contributed by atoms with van der Waals surface area (Å²) < 4.78 is 27.2. The second-order valence-electron chi connectivity index (χ2n) is 7.76. The standard InChI is InChI=1S/C23H27N5O3S/c1-3-18-4-6-19(7-5-18)25-22-16-17(2)24-23(26-22)27-12-14-28(15-13-27)32(30,31)21-10-8-20(29)9-11-21/h4-11,16,29H,3,12-15H2,1-2H3,(H,24,25,26). The van der Waals surface area contributed by atoms with Crippen LogP contribution in [0.15, 0.2) is 59.5 Å². The van der Waals surface area contributed by atoms with Crippen LogP contribution in [0.1, 0.15) is 18.2 Å². The number of phenolic OH excluding ortho intramolecular Hbond substituents is 1. The molecule has 4 rings (SSSR count). The van der Waals surface area contributed by atoms with Crippen molar-refractivity contribution < 1.29 is 13.5 Å². The molecule has 0 spiro atoms. The van der Waals surface area contributed by atoms with Gasteiger partial charge in [-0.1, -0.05) is 19.1 Å². The summed E-state index contributed by atoms with van der Waals surface area (Å²) in [5.74, 6) is 1.33. The highest BCUT2D eigenvalue weighted by Gasteiger charge is 2.29. The lowest BCUT2D eigenvalue weighted by atomic mass is 10.1. The van der Waals surface area contributed by atoms with Crippen molar-refractivity contribution in [1.82, 2.24) is 14.3 Å². The van der Waals surface area contributed by atoms with Gasteiger partial charge < -0.3 is 15.3 Å². The number of piperazine rings is 1. The number of aryl methyl sites for hydroxylation is 2. The normalized spacial score (nSPS) is 15.0. The van der Waals surface area contributed by atoms with Gasteiger partial charge in [0.15, 0.2) is 0 Å². The summed E-state index contributed by atoms with van der Waals surface area (Å²) in [5, 5.41) is 12.8. The molecule has 1 fully saturated rings. The fourth-order valence-electron chi connectivity index (χ4n) is 3.63. The Hall–Kier alpha value is -3.17. The molecule has 168 valence electrons. The minimum Gasteiger partial charge on any atom is -0.508 e. The molecular weight excluding hydrogens is 426 g/mol. The first-order valence-electron chi connectivity index (χ1n) is 10.6. The molecule has 1 aliphatic heterocycles. The topological polar surface area (TPSA) is 98.7 Å². The summed E-state index contributed by atoms with van der Waals surface area (Å²) in [6.07, 6.45) is 0.992. The number of rotatable bonds is 6. The van der Waals surface area contributed by atoms with Gasteiger partial charge in [-0.2, -0.15) is 9.29 Å². The monoisotopic (exact) mass is 453 g/mol. The van der Waals surface area contributed by atoms with E-state index in [4.69, 9.17) is 0 Å². The number of aromatic nitrogens is 2. The lowest BCUT2D eigenvalue weighted by Gasteiger charge is -2.34. The van der Waals surface area contributed by atoms with Gasteiger partial charge in [0, 0.05) is 43.6 Å². The van der Waals surface area contributed by atoms with Crippen LogP contribution in [-0.2, 0) is 16.4 Å². The van der Waals surface area contributed by atoms with Crippen molar-refractivity contribution >= 4 is 27.5 Å². The molecule has 2 N–H and O–H groups in total. The number of nitrogens with zero attached hydrogens (tertiary/aromatic N) is 4. The highest BCUT2D eigenvalue weighted by atomic mass is 32.2. The van der Waals surface area contributed by atoms with Gasteiger partial charge in [0.1, 0.15) is 11.6 Å². The second-order valence-corrected chi connectivity index (χ2v) is 9.69. The first-order chi connectivity index (χ1) is 15.3. The smallest absolute Gasteiger partial charge is 0.243 e. The highest BCUT2D eigenvalue weighted by molar-refractivity contribution is 7.89. The first kappa shape index (κ1) is 22.0. The number of aromatic hydroxyl groups is 1. The molecule has 0 bridgehead atoms. The van der Waals surface area contributed by atoms with E-state index in [2.05, 4.69) is 34.3 Å². The molecular formula is C23H27N5O3S. The van der Waals surface area contributed by atoms with Gasteiger partial charge in [-0.05, 0) is 55.3 Å². The van der Waals surface area contributed by atoms with E-state index in [-0.39, 0.29) is 10.6 Å². The predicted octanol–water partition coefficient (Wildman–Crippen LogP) is 3.31. The molecule has 2 heterocycles. The minimum absolute atomic E-state index is 0.0380. The molecule has 0 saturated carbocycles. The highest BCUT2D eigenvalue weighted by Crippen LogP contribution is 2.23. The summed E-state index contributed by atoms with van der Waals surface area (Å²) in [4.78, 5) is 11.4. The van der Waals surface area contributed by atoms with Gasteiger partial charge in [0.05, 0.1) is 4.90 Å². The summed E-state index contributed by atoms with van der Waals surface area (Å²) in [6, 6.07) is 15.7. The van der Waals surface area contributed by atoms with Gasteiger partial charge in [0.2, 0.25) is 16.0 Å². The Bertz CT molecular complexity index is 1170. The fraction of sp³-hybridized carbons (Fsp3) is 0.304. The molecule has 2 aromatic carbocycles. The SMILES string of the molecule is CCc1ccc(Nc2cc(C)nc(N3CCN(S(=O)(=O)c4ccc(O)cc4)CC3)n2)cc1. The van der Waals surface area contributed by atoms with Crippen LogP contribution >= 0.6 is 0 Å². The fourth-order valence-corrected chi connectivity index (χ4v) is 5.05. The van der Waals surface area contributed by atoms with E-state index in [0.717, 1.165) is 17.8 Å². The Labute approximate surface area is 188 Å². The quantitative estimate of drug-likeness (QED) is 0.591. The largest absolute Gasteiger partial charge is 0.508 e. The summed E-state index contributed by atoms with van der Waals surface area (Å²) in [7, 11) is -3.60. The Kier molecular flexibility index (Phi) is 6.29. The number of hydrogen-bond acceptors (Lipinski definition) is 7. The van der Waals surface area contributed by atoms with Crippen molar-refractivity contribution in [2.75, 3.05) is 36.4 Å². The average molecular weight is 454 g/mol. The van der Waals surface area contributed by atoms with E-state index in [1.807, 2.05) is 30.0 Å². The molecule has 3 aromatic rings. The summed E-state index contributed by atoms with van der Waals surface area (Å²) in [5.41, 5.74) is 3.06. The zero-order valence-electron chi connectivity index (χ0n) is 18.2. The maximum absolute atomic E-state index is 12.9. The lowest BCUT2D eigenvalue weighted by Crippen LogP contribution is -2.49. The van der Waals surface area contributed by atoms with Crippen LogP contribution < -0.4 is 10.2 Å². The maximum atomic E-state index is 12.9. The maximum Gasteiger partial charge on any atom is 0.243 e. The molecule has 1 saturated heterocycles. The van der Waals surface area contributed by atoms with E-state index < -0.39 is 10.0 Å². The summed E-state index contributed by atoms with van der Waals surface area (Å²) in [6.45, 7) is 5.70. The van der Waals surface area contributed by atoms with Crippen LogP contribution in [0.2, 0.25) is 0 Å². The minimum atomic E-state index is -3.60. The van der Waals surface area contributed by atoms with E-state index in [9.17, 15) is 13.5 Å². The van der Waals surface area contributed by atoms with E-state index in [1.165, 1.54) is 34.1 Å². The van der Waals surface area contributed by atoms with Crippen LogP contribution in [0.3, 0.4) is 0 Å². The zero-order valence-corrected chi connectivity index (χ0v) is 19.0. The van der Waals surface area contributed by atoms with Crippen LogP contribution in [0.25, 0.3) is 0 Å². The number of phenols is 1. The van der Waals surface area contributed by atoms with Crippen LogP contribution in [0, 0.1) is 6.92 Å². The average Bonchev–Trinajstić information content (AvgIpc) is 2.79. The molecule has 9 heteroatoms. The van der Waals surface area contributed by atoms with Crippen molar-refractivity contribution in [3.63, 3.8) is 0 Å². The number of benzene rings is 2.